The summed E-state index contributed by atoms with van der Waals surface area (Å²) in [5.41, 5.74) is 6.95. The fourth-order valence-electron chi connectivity index (χ4n) is 3.77. The Balaban J connectivity index is 2.00. The Morgan fingerprint density at radius 1 is 1.29 bits per heavy atom. The van der Waals surface area contributed by atoms with Crippen LogP contribution < -0.4 is 5.73 Å². The highest BCUT2D eigenvalue weighted by molar-refractivity contribution is 5.05. The summed E-state index contributed by atoms with van der Waals surface area (Å²) in [5.74, 6) is 1.73. The molecule has 0 spiro atoms. The van der Waals surface area contributed by atoms with Crippen molar-refractivity contribution in [3.63, 3.8) is 0 Å². The van der Waals surface area contributed by atoms with E-state index in [4.69, 9.17) is 5.73 Å². The average molecular weight is 238 g/mol. The summed E-state index contributed by atoms with van der Waals surface area (Å²) in [6.45, 7) is 12.9. The van der Waals surface area contributed by atoms with Crippen LogP contribution in [0.15, 0.2) is 0 Å². The zero-order valence-corrected chi connectivity index (χ0v) is 12.1. The average Bonchev–Trinajstić information content (AvgIpc) is 2.14. The molecule has 1 saturated carbocycles. The van der Waals surface area contributed by atoms with Crippen LogP contribution in [0.5, 0.6) is 0 Å². The van der Waals surface area contributed by atoms with Crippen LogP contribution in [0.3, 0.4) is 0 Å². The van der Waals surface area contributed by atoms with Gasteiger partial charge in [0.25, 0.3) is 0 Å². The second-order valence-electron chi connectivity index (χ2n) is 7.53. The van der Waals surface area contributed by atoms with Crippen LogP contribution in [-0.4, -0.2) is 30.1 Å². The van der Waals surface area contributed by atoms with E-state index in [0.717, 1.165) is 18.4 Å². The fourth-order valence-corrected chi connectivity index (χ4v) is 3.77. The molecule has 1 saturated heterocycles. The Kier molecular flexibility index (Phi) is 3.57. The molecule has 1 aliphatic heterocycles. The van der Waals surface area contributed by atoms with E-state index in [1.807, 2.05) is 0 Å². The second-order valence-corrected chi connectivity index (χ2v) is 7.53. The van der Waals surface area contributed by atoms with E-state index in [1.165, 1.54) is 38.8 Å². The van der Waals surface area contributed by atoms with Crippen LogP contribution in [0, 0.1) is 17.3 Å². The summed E-state index contributed by atoms with van der Waals surface area (Å²) in [7, 11) is 0. The van der Waals surface area contributed by atoms with Crippen LogP contribution in [-0.2, 0) is 0 Å². The largest absolute Gasteiger partial charge is 0.329 e. The number of nitrogens with zero attached hydrogens (tertiary/aromatic N) is 1. The molecule has 0 atom stereocenters. The summed E-state index contributed by atoms with van der Waals surface area (Å²) in [4.78, 5) is 2.72. The Labute approximate surface area is 107 Å². The van der Waals surface area contributed by atoms with Gasteiger partial charge in [0, 0.05) is 18.6 Å². The minimum atomic E-state index is 0.354. The van der Waals surface area contributed by atoms with Gasteiger partial charge in [-0.25, -0.2) is 0 Å². The smallest absolute Gasteiger partial charge is 0.0337 e. The van der Waals surface area contributed by atoms with Crippen molar-refractivity contribution in [3.05, 3.63) is 0 Å². The molecule has 1 aliphatic carbocycles. The number of likely N-dealkylation sites (tertiary alicyclic amines) is 1. The number of piperidine rings is 1. The van der Waals surface area contributed by atoms with E-state index in [-0.39, 0.29) is 0 Å². The third kappa shape index (κ3) is 2.53. The van der Waals surface area contributed by atoms with Gasteiger partial charge < -0.3 is 5.73 Å². The van der Waals surface area contributed by atoms with Gasteiger partial charge in [0.15, 0.2) is 0 Å². The molecule has 0 aromatic heterocycles. The molecule has 2 fully saturated rings. The molecule has 2 heteroatoms. The Hall–Kier alpha value is -0.0800. The summed E-state index contributed by atoms with van der Waals surface area (Å²) in [5, 5.41) is 0. The van der Waals surface area contributed by atoms with Crippen molar-refractivity contribution in [3.8, 4) is 0 Å². The van der Waals surface area contributed by atoms with Crippen molar-refractivity contribution in [1.82, 2.24) is 4.90 Å². The molecule has 0 aromatic rings. The Morgan fingerprint density at radius 2 is 1.94 bits per heavy atom. The molecule has 2 nitrogen and oxygen atoms in total. The van der Waals surface area contributed by atoms with Crippen LogP contribution in [0.25, 0.3) is 0 Å². The van der Waals surface area contributed by atoms with Gasteiger partial charge in [0.05, 0.1) is 0 Å². The van der Waals surface area contributed by atoms with E-state index in [1.54, 1.807) is 0 Å². The highest BCUT2D eigenvalue weighted by Gasteiger charge is 2.49. The summed E-state index contributed by atoms with van der Waals surface area (Å²) < 4.78 is 0. The highest BCUT2D eigenvalue weighted by atomic mass is 15.2. The Morgan fingerprint density at radius 3 is 2.41 bits per heavy atom. The summed E-state index contributed by atoms with van der Waals surface area (Å²) in [6, 6.07) is 0. The molecule has 0 radical (unpaired) electrons. The third-order valence-electron chi connectivity index (χ3n) is 5.18. The minimum Gasteiger partial charge on any atom is -0.329 e. The Bertz CT molecular complexity index is 264. The van der Waals surface area contributed by atoms with Gasteiger partial charge in [0.1, 0.15) is 0 Å². The van der Waals surface area contributed by atoms with Gasteiger partial charge in [-0.2, -0.15) is 0 Å². The van der Waals surface area contributed by atoms with E-state index in [0.29, 0.717) is 11.0 Å². The predicted octanol–water partition coefficient (Wildman–Crippen LogP) is 2.87. The lowest BCUT2D eigenvalue weighted by atomic mass is 9.62. The number of hydrogen-bond donors (Lipinski definition) is 1. The molecule has 100 valence electrons. The molecule has 0 aromatic carbocycles. The highest BCUT2D eigenvalue weighted by Crippen LogP contribution is 2.47. The zero-order valence-electron chi connectivity index (χ0n) is 12.1. The number of rotatable bonds is 3. The molecule has 2 rings (SSSR count). The third-order valence-corrected chi connectivity index (χ3v) is 5.18. The van der Waals surface area contributed by atoms with Gasteiger partial charge in [-0.05, 0) is 49.5 Å². The SMILES string of the molecule is CC(C)C1CC(CN)(N2CCCC(C)(C)C2)C1. The second kappa shape index (κ2) is 4.55. The van der Waals surface area contributed by atoms with Gasteiger partial charge >= 0.3 is 0 Å². The first kappa shape index (κ1) is 13.4. The summed E-state index contributed by atoms with van der Waals surface area (Å²) in [6.07, 6.45) is 5.38. The van der Waals surface area contributed by atoms with Gasteiger partial charge in [0.2, 0.25) is 0 Å². The van der Waals surface area contributed by atoms with Crippen molar-refractivity contribution in [2.45, 2.75) is 58.9 Å². The van der Waals surface area contributed by atoms with Crippen molar-refractivity contribution < 1.29 is 0 Å². The van der Waals surface area contributed by atoms with Gasteiger partial charge in [-0.1, -0.05) is 27.7 Å². The van der Waals surface area contributed by atoms with Crippen LogP contribution >= 0.6 is 0 Å². The first-order valence-corrected chi connectivity index (χ1v) is 7.34. The van der Waals surface area contributed by atoms with Crippen molar-refractivity contribution in [2.75, 3.05) is 19.6 Å². The lowest BCUT2D eigenvalue weighted by molar-refractivity contribution is -0.0685. The van der Waals surface area contributed by atoms with Crippen LogP contribution in [0.2, 0.25) is 0 Å². The molecule has 0 unspecified atom stereocenters. The quantitative estimate of drug-likeness (QED) is 0.819. The molecular formula is C15H30N2. The standard InChI is InChI=1S/C15H30N2/c1-12(2)13-8-15(9-13,10-16)17-7-5-6-14(3,4)11-17/h12-13H,5-11,16H2,1-4H3. The lowest BCUT2D eigenvalue weighted by Gasteiger charge is -2.58. The molecule has 17 heavy (non-hydrogen) atoms. The van der Waals surface area contributed by atoms with Crippen molar-refractivity contribution in [1.29, 1.82) is 0 Å². The summed E-state index contributed by atoms with van der Waals surface area (Å²) >= 11 is 0. The van der Waals surface area contributed by atoms with E-state index >= 15 is 0 Å². The normalized spacial score (nSPS) is 38.1. The predicted molar refractivity (Wildman–Crippen MR) is 73.9 cm³/mol. The fraction of sp³-hybridized carbons (Fsp3) is 1.00. The van der Waals surface area contributed by atoms with Crippen LogP contribution in [0.1, 0.15) is 53.4 Å². The number of hydrogen-bond acceptors (Lipinski definition) is 2. The molecule has 1 heterocycles. The maximum absolute atomic E-state index is 6.11. The van der Waals surface area contributed by atoms with E-state index < -0.39 is 0 Å². The molecule has 0 bridgehead atoms. The van der Waals surface area contributed by atoms with Crippen molar-refractivity contribution in [2.24, 2.45) is 23.0 Å². The number of nitrogens with two attached hydrogens (primary N) is 1. The molecular weight excluding hydrogens is 208 g/mol. The molecule has 2 N–H and O–H groups in total. The lowest BCUT2D eigenvalue weighted by Crippen LogP contribution is -2.65. The maximum atomic E-state index is 6.11. The van der Waals surface area contributed by atoms with Crippen molar-refractivity contribution >= 4 is 0 Å². The van der Waals surface area contributed by atoms with E-state index in [2.05, 4.69) is 32.6 Å². The molecule has 2 aliphatic rings. The maximum Gasteiger partial charge on any atom is 0.0337 e. The van der Waals surface area contributed by atoms with Gasteiger partial charge in [-0.3, -0.25) is 4.90 Å². The van der Waals surface area contributed by atoms with Gasteiger partial charge in [-0.15, -0.1) is 0 Å². The van der Waals surface area contributed by atoms with Crippen LogP contribution in [0.4, 0.5) is 0 Å². The zero-order chi connectivity index (χ0) is 12.7. The first-order chi connectivity index (χ1) is 7.88. The topological polar surface area (TPSA) is 29.3 Å². The molecule has 0 amide bonds. The first-order valence-electron chi connectivity index (χ1n) is 7.34. The minimum absolute atomic E-state index is 0.354. The van der Waals surface area contributed by atoms with E-state index in [9.17, 15) is 0 Å². The monoisotopic (exact) mass is 238 g/mol.